The average Bonchev–Trinajstić information content (AvgIpc) is 2.76. The molecule has 33 heavy (non-hydrogen) atoms. The number of nitrogens with one attached hydrogen (secondary N) is 3. The largest absolute Gasteiger partial charge is 0.492 e. The molecule has 14 heteroatoms. The number of carbonyl (C=O) groups is 1. The number of nitro benzene ring substituents is 1. The van der Waals surface area contributed by atoms with E-state index < -0.39 is 20.7 Å². The molecule has 0 saturated heterocycles. The minimum atomic E-state index is -3.34. The molecule has 178 valence electrons. The zero-order chi connectivity index (χ0) is 24.4. The van der Waals surface area contributed by atoms with E-state index in [1.807, 2.05) is 0 Å². The topological polar surface area (TPSA) is 148 Å². The van der Waals surface area contributed by atoms with Crippen molar-refractivity contribution in [1.82, 2.24) is 20.0 Å². The van der Waals surface area contributed by atoms with Crippen molar-refractivity contribution in [2.45, 2.75) is 17.7 Å². The van der Waals surface area contributed by atoms with Crippen molar-refractivity contribution in [1.29, 1.82) is 0 Å². The number of hydrogen-bond acceptors (Lipinski definition) is 8. The van der Waals surface area contributed by atoms with Crippen LogP contribution < -0.4 is 20.1 Å². The van der Waals surface area contributed by atoms with Crippen LogP contribution in [0.4, 0.5) is 16.3 Å². The van der Waals surface area contributed by atoms with Gasteiger partial charge in [0, 0.05) is 25.4 Å². The number of benzene rings is 1. The Hall–Kier alpha value is -2.90. The number of carbonyl (C=O) groups excluding carboxylic acids is 1. The number of urea groups is 1. The van der Waals surface area contributed by atoms with Gasteiger partial charge in [-0.05, 0) is 52.3 Å². The molecule has 1 unspecified atom stereocenters. The fourth-order valence-electron chi connectivity index (χ4n) is 2.49. The summed E-state index contributed by atoms with van der Waals surface area (Å²) in [6, 6.07) is 2.86. The second-order valence-corrected chi connectivity index (χ2v) is 9.67. The molecular formula is C19H22BrClN6O5S. The number of nitrogens with zero attached hydrogens (tertiary/aromatic N) is 3. The van der Waals surface area contributed by atoms with Gasteiger partial charge in [-0.3, -0.25) is 14.8 Å². The van der Waals surface area contributed by atoms with E-state index in [1.165, 1.54) is 24.4 Å². The Kier molecular flexibility index (Phi) is 9.88. The third kappa shape index (κ3) is 8.18. The number of amides is 2. The first-order valence-corrected chi connectivity index (χ1v) is 12.4. The van der Waals surface area contributed by atoms with Crippen LogP contribution in [0.5, 0.6) is 5.75 Å². The lowest BCUT2D eigenvalue weighted by Crippen LogP contribution is -2.39. The number of unbranched alkanes of at least 4 members (excludes halogenated alkanes) is 1. The van der Waals surface area contributed by atoms with Gasteiger partial charge in [0.2, 0.25) is 5.28 Å². The number of non-ortho nitro benzene ring substituents is 1. The predicted molar refractivity (Wildman–Crippen MR) is 131 cm³/mol. The van der Waals surface area contributed by atoms with Gasteiger partial charge in [-0.2, -0.15) is 4.98 Å². The summed E-state index contributed by atoms with van der Waals surface area (Å²) < 4.78 is 21.6. The Morgan fingerprint density at radius 3 is 2.85 bits per heavy atom. The second kappa shape index (κ2) is 12.4. The van der Waals surface area contributed by atoms with E-state index in [4.69, 9.17) is 16.3 Å². The van der Waals surface area contributed by atoms with Gasteiger partial charge in [0.05, 0.1) is 36.7 Å². The Balaban J connectivity index is 2.01. The molecule has 2 aromatic rings. The second-order valence-electron chi connectivity index (χ2n) is 6.48. The molecule has 0 bridgehead atoms. The van der Waals surface area contributed by atoms with Crippen LogP contribution in [0.25, 0.3) is 0 Å². The van der Waals surface area contributed by atoms with Crippen molar-refractivity contribution < 1.29 is 18.7 Å². The maximum atomic E-state index is 13.0. The van der Waals surface area contributed by atoms with Gasteiger partial charge in [0.15, 0.2) is 0 Å². The van der Waals surface area contributed by atoms with Crippen molar-refractivity contribution in [3.8, 4) is 5.75 Å². The highest BCUT2D eigenvalue weighted by atomic mass is 79.9. The maximum absolute atomic E-state index is 13.0. The molecular weight excluding hydrogens is 540 g/mol. The lowest BCUT2D eigenvalue weighted by Gasteiger charge is -2.16. The molecule has 1 aromatic heterocycles. The third-order valence-corrected chi connectivity index (χ3v) is 6.32. The van der Waals surface area contributed by atoms with Crippen LogP contribution in [0.3, 0.4) is 0 Å². The standard InChI is InChI=1S/C19H22BrClN6O5S/c1-3-8-23-19(28)26-33(2,31)16-7-6-13(27(29)30)11-15(16)32-10-5-4-9-22-17-14(20)12-24-18(21)25-17/h3,6-7,11-12H,1-2,4-5,8-10H2,(H,22,24,25)(H2,23,26,28,31). The fraction of sp³-hybridized carbons (Fsp3) is 0.263. The summed E-state index contributed by atoms with van der Waals surface area (Å²) in [5.41, 5.74) is -0.243. The van der Waals surface area contributed by atoms with Crippen LogP contribution in [-0.4, -0.2) is 50.7 Å². The summed E-state index contributed by atoms with van der Waals surface area (Å²) in [6.07, 6.45) is 4.22. The zero-order valence-electron chi connectivity index (χ0n) is 17.4. The van der Waals surface area contributed by atoms with E-state index in [9.17, 15) is 19.1 Å². The molecule has 0 saturated carbocycles. The Morgan fingerprint density at radius 1 is 1.39 bits per heavy atom. The molecule has 1 atom stereocenters. The number of ether oxygens (including phenoxy) is 1. The van der Waals surface area contributed by atoms with Crippen LogP contribution in [0.2, 0.25) is 5.28 Å². The number of halogens is 2. The summed E-state index contributed by atoms with van der Waals surface area (Å²) in [7, 11) is -3.34. The highest BCUT2D eigenvalue weighted by Gasteiger charge is 2.20. The molecule has 0 aliphatic carbocycles. The van der Waals surface area contributed by atoms with E-state index in [2.05, 4.69) is 53.7 Å². The van der Waals surface area contributed by atoms with Gasteiger partial charge < -0.3 is 15.4 Å². The first kappa shape index (κ1) is 26.4. The molecule has 1 heterocycles. The summed E-state index contributed by atoms with van der Waals surface area (Å²) in [4.78, 5) is 30.4. The van der Waals surface area contributed by atoms with Gasteiger partial charge in [-0.1, -0.05) is 6.08 Å². The van der Waals surface area contributed by atoms with E-state index in [-0.39, 0.29) is 34.8 Å². The van der Waals surface area contributed by atoms with Gasteiger partial charge in [-0.15, -0.1) is 6.58 Å². The average molecular weight is 562 g/mol. The maximum Gasteiger partial charge on any atom is 0.326 e. The van der Waals surface area contributed by atoms with Crippen LogP contribution in [0.15, 0.2) is 46.4 Å². The number of aromatic nitrogens is 2. The van der Waals surface area contributed by atoms with E-state index in [0.717, 1.165) is 6.07 Å². The smallest absolute Gasteiger partial charge is 0.326 e. The van der Waals surface area contributed by atoms with Crippen molar-refractivity contribution in [3.63, 3.8) is 0 Å². The lowest BCUT2D eigenvalue weighted by molar-refractivity contribution is -0.385. The molecule has 3 N–H and O–H groups in total. The van der Waals surface area contributed by atoms with Crippen LogP contribution in [0.1, 0.15) is 12.8 Å². The van der Waals surface area contributed by atoms with Crippen LogP contribution >= 0.6 is 27.5 Å². The molecule has 0 aliphatic heterocycles. The predicted octanol–water partition coefficient (Wildman–Crippen LogP) is 3.55. The fourth-order valence-corrected chi connectivity index (χ4v) is 4.16. The third-order valence-electron chi connectivity index (χ3n) is 3.99. The SMILES string of the molecule is C=CCNC(=O)NS(=C)(=O)c1ccc([N+](=O)[O-])cc1OCCCCNc1nc(Cl)ncc1Br. The molecule has 2 rings (SSSR count). The van der Waals surface area contributed by atoms with E-state index in [1.54, 1.807) is 0 Å². The molecule has 0 fully saturated rings. The summed E-state index contributed by atoms with van der Waals surface area (Å²) >= 11 is 9.10. The molecule has 0 spiro atoms. The highest BCUT2D eigenvalue weighted by Crippen LogP contribution is 2.29. The minimum Gasteiger partial charge on any atom is -0.492 e. The number of hydrogen-bond donors (Lipinski definition) is 3. The Morgan fingerprint density at radius 2 is 2.15 bits per heavy atom. The summed E-state index contributed by atoms with van der Waals surface area (Å²) in [6.45, 7) is 4.37. The monoisotopic (exact) mass is 560 g/mol. The molecule has 1 aromatic carbocycles. The van der Waals surface area contributed by atoms with Gasteiger partial charge in [0.1, 0.15) is 11.6 Å². The van der Waals surface area contributed by atoms with E-state index >= 15 is 0 Å². The first-order chi connectivity index (χ1) is 15.6. The number of nitro groups is 1. The normalized spacial score (nSPS) is 12.3. The van der Waals surface area contributed by atoms with Gasteiger partial charge in [-0.25, -0.2) is 14.0 Å². The minimum absolute atomic E-state index is 0.00602. The summed E-state index contributed by atoms with van der Waals surface area (Å²) in [5, 5.41) is 16.8. The number of rotatable bonds is 12. The Labute approximate surface area is 204 Å². The van der Waals surface area contributed by atoms with Crippen molar-refractivity contribution in [2.75, 3.05) is 25.0 Å². The highest BCUT2D eigenvalue weighted by molar-refractivity contribution is 9.10. The lowest BCUT2D eigenvalue weighted by atomic mass is 10.3. The first-order valence-electron chi connectivity index (χ1n) is 9.51. The molecule has 0 aliphatic rings. The summed E-state index contributed by atoms with van der Waals surface area (Å²) in [5.74, 6) is 4.13. The molecule has 2 amide bonds. The van der Waals surface area contributed by atoms with Crippen molar-refractivity contribution in [2.24, 2.45) is 0 Å². The van der Waals surface area contributed by atoms with Crippen LogP contribution in [-0.2, 0) is 9.71 Å². The van der Waals surface area contributed by atoms with Crippen LogP contribution in [0, 0.1) is 10.1 Å². The number of anilines is 1. The Bertz CT molecular complexity index is 1130. The zero-order valence-corrected chi connectivity index (χ0v) is 20.5. The van der Waals surface area contributed by atoms with Crippen molar-refractivity contribution in [3.05, 3.63) is 56.9 Å². The van der Waals surface area contributed by atoms with Gasteiger partial charge in [0.25, 0.3) is 5.69 Å². The van der Waals surface area contributed by atoms with Crippen molar-refractivity contribution >= 4 is 60.6 Å². The van der Waals surface area contributed by atoms with Gasteiger partial charge >= 0.3 is 6.03 Å². The molecule has 0 radical (unpaired) electrons. The van der Waals surface area contributed by atoms with E-state index in [0.29, 0.717) is 29.7 Å². The quantitative estimate of drug-likeness (QED) is 0.0890. The molecule has 11 nitrogen and oxygen atoms in total.